The number of carboxylic acid groups (broad SMARTS) is 1. The number of carboxylic acids is 1. The van der Waals surface area contributed by atoms with Crippen molar-refractivity contribution in [1.29, 1.82) is 0 Å². The van der Waals surface area contributed by atoms with Gasteiger partial charge in [-0.25, -0.2) is 4.98 Å². The van der Waals surface area contributed by atoms with Gasteiger partial charge in [-0.2, -0.15) is 0 Å². The number of aromatic carboxylic acids is 1. The molecule has 4 rings (SSSR count). The maximum absolute atomic E-state index is 11.2. The largest absolute Gasteiger partial charge is 1.00 e. The van der Waals surface area contributed by atoms with E-state index in [9.17, 15) is 9.90 Å². The van der Waals surface area contributed by atoms with Gasteiger partial charge in [-0.05, 0) is 78.4 Å². The van der Waals surface area contributed by atoms with Crippen LogP contribution in [0.5, 0.6) is 5.75 Å². The molecule has 0 atom stereocenters. The van der Waals surface area contributed by atoms with E-state index in [2.05, 4.69) is 20.9 Å². The fraction of sp³-hybridized carbons (Fsp3) is 0.167. The summed E-state index contributed by atoms with van der Waals surface area (Å²) in [4.78, 5) is 15.5. The number of hydrogen-bond acceptors (Lipinski definition) is 4. The van der Waals surface area contributed by atoms with Gasteiger partial charge in [0.05, 0.1) is 17.4 Å². The summed E-state index contributed by atoms with van der Waals surface area (Å²) >= 11 is 9.75. The van der Waals surface area contributed by atoms with Crippen LogP contribution < -0.4 is 39.4 Å². The Balaban J connectivity index is 0.00000272. The minimum absolute atomic E-state index is 0. The molecule has 0 fully saturated rings. The molecule has 3 aromatic rings. The maximum Gasteiger partial charge on any atom is 1.00 e. The number of ether oxygens (including phenoxy) is 1. The number of rotatable bonds is 6. The number of nitrogens with zero attached hydrogens (tertiary/aromatic N) is 1. The first-order valence-corrected chi connectivity index (χ1v) is 10.8. The smallest absolute Gasteiger partial charge is 0.543 e. The average Bonchev–Trinajstić information content (AvgIpc) is 3.24. The first-order chi connectivity index (χ1) is 14.5. The second-order valence-electron chi connectivity index (χ2n) is 7.06. The molecule has 0 saturated heterocycles. The van der Waals surface area contributed by atoms with E-state index >= 15 is 0 Å². The molecule has 4 nitrogen and oxygen atoms in total. The minimum Gasteiger partial charge on any atom is -0.543 e. The Morgan fingerprint density at radius 3 is 2.55 bits per heavy atom. The van der Waals surface area contributed by atoms with E-state index < -0.39 is 5.97 Å². The molecule has 0 spiro atoms. The molecule has 0 radical (unpaired) electrons. The van der Waals surface area contributed by atoms with Gasteiger partial charge in [0, 0.05) is 15.1 Å². The van der Waals surface area contributed by atoms with Crippen LogP contribution in [0.15, 0.2) is 65.1 Å². The van der Waals surface area contributed by atoms with Crippen molar-refractivity contribution < 1.29 is 44.2 Å². The van der Waals surface area contributed by atoms with Crippen molar-refractivity contribution in [2.24, 2.45) is 0 Å². The van der Waals surface area contributed by atoms with Gasteiger partial charge in [-0.3, -0.25) is 0 Å². The van der Waals surface area contributed by atoms with Crippen molar-refractivity contribution in [2.75, 3.05) is 0 Å². The summed E-state index contributed by atoms with van der Waals surface area (Å²) in [7, 11) is 0. The van der Waals surface area contributed by atoms with Gasteiger partial charge in [0.15, 0.2) is 0 Å². The number of halogens is 2. The molecule has 152 valence electrons. The van der Waals surface area contributed by atoms with Crippen LogP contribution in [0.25, 0.3) is 11.1 Å². The molecule has 1 aromatic heterocycles. The normalized spacial score (nSPS) is 13.1. The SMILES string of the molecule is O=C([O-])c1cccc(C2=C(c3cc(Cl)ccc3OCc3ccc(Br)cc3)CCC2)n1.[Na+]. The summed E-state index contributed by atoms with van der Waals surface area (Å²) in [5, 5.41) is 11.9. The molecule has 0 amide bonds. The van der Waals surface area contributed by atoms with Crippen molar-refractivity contribution in [3.63, 3.8) is 0 Å². The second-order valence-corrected chi connectivity index (χ2v) is 8.41. The van der Waals surface area contributed by atoms with Crippen molar-refractivity contribution >= 4 is 44.6 Å². The Labute approximate surface area is 216 Å². The Kier molecular flexibility index (Phi) is 8.36. The van der Waals surface area contributed by atoms with E-state index in [1.807, 2.05) is 48.5 Å². The number of carbonyl (C=O) groups is 1. The first kappa shape index (κ1) is 24.0. The van der Waals surface area contributed by atoms with Gasteiger partial charge in [-0.15, -0.1) is 0 Å². The second kappa shape index (κ2) is 10.8. The van der Waals surface area contributed by atoms with Gasteiger partial charge in [0.1, 0.15) is 12.4 Å². The Bertz CT molecular complexity index is 1130. The Morgan fingerprint density at radius 1 is 1.06 bits per heavy atom. The third-order valence-corrected chi connectivity index (χ3v) is 5.82. The van der Waals surface area contributed by atoms with Crippen LogP contribution in [-0.2, 0) is 6.61 Å². The quantitative estimate of drug-likeness (QED) is 0.482. The predicted octanol–water partition coefficient (Wildman–Crippen LogP) is 2.54. The van der Waals surface area contributed by atoms with Crippen LogP contribution in [0.1, 0.15) is 46.6 Å². The van der Waals surface area contributed by atoms with E-state index in [1.54, 1.807) is 6.07 Å². The molecule has 1 heterocycles. The number of allylic oxidation sites excluding steroid dienone is 2. The molecule has 0 unspecified atom stereocenters. The van der Waals surface area contributed by atoms with E-state index in [4.69, 9.17) is 16.3 Å². The molecule has 0 aliphatic heterocycles. The topological polar surface area (TPSA) is 62.2 Å². The minimum atomic E-state index is -1.28. The summed E-state index contributed by atoms with van der Waals surface area (Å²) in [5.74, 6) is -0.536. The zero-order valence-corrected chi connectivity index (χ0v) is 21.4. The summed E-state index contributed by atoms with van der Waals surface area (Å²) in [6.07, 6.45) is 2.62. The molecule has 0 N–H and O–H groups in total. The van der Waals surface area contributed by atoms with Crippen LogP contribution >= 0.6 is 27.5 Å². The molecule has 0 saturated carbocycles. The number of benzene rings is 2. The van der Waals surface area contributed by atoms with Crippen molar-refractivity contribution in [1.82, 2.24) is 4.98 Å². The predicted molar refractivity (Wildman–Crippen MR) is 119 cm³/mol. The molecule has 7 heteroatoms. The molecular formula is C24H18BrClNNaO3. The fourth-order valence-electron chi connectivity index (χ4n) is 3.65. The van der Waals surface area contributed by atoms with Gasteiger partial charge >= 0.3 is 29.6 Å². The van der Waals surface area contributed by atoms with Crippen molar-refractivity contribution in [2.45, 2.75) is 25.9 Å². The summed E-state index contributed by atoms with van der Waals surface area (Å²) < 4.78 is 7.16. The standard InChI is InChI=1S/C24H19BrClNO3.Na/c25-16-9-7-15(8-10-16)14-30-23-12-11-17(26)13-20(23)18-3-1-4-19(18)21-5-2-6-22(27-21)24(28)29;/h2,5-13H,1,3-4,14H2,(H,28,29);/q;+1/p-1. The van der Waals surface area contributed by atoms with E-state index in [0.29, 0.717) is 17.3 Å². The number of carbonyl (C=O) groups excluding carboxylic acids is 1. The number of pyridine rings is 1. The molecule has 31 heavy (non-hydrogen) atoms. The molecule has 2 aromatic carbocycles. The van der Waals surface area contributed by atoms with Crippen molar-refractivity contribution in [3.8, 4) is 5.75 Å². The van der Waals surface area contributed by atoms with Crippen molar-refractivity contribution in [3.05, 3.63) is 92.7 Å². The molecule has 1 aliphatic carbocycles. The zero-order chi connectivity index (χ0) is 21.1. The van der Waals surface area contributed by atoms with E-state index in [1.165, 1.54) is 6.07 Å². The summed E-state index contributed by atoms with van der Waals surface area (Å²) in [6, 6.07) is 18.5. The molecule has 0 bridgehead atoms. The fourth-order valence-corrected chi connectivity index (χ4v) is 4.08. The third-order valence-electron chi connectivity index (χ3n) is 5.06. The first-order valence-electron chi connectivity index (χ1n) is 9.59. The van der Waals surface area contributed by atoms with Gasteiger partial charge in [0.25, 0.3) is 0 Å². The van der Waals surface area contributed by atoms with E-state index in [0.717, 1.165) is 51.8 Å². The van der Waals surface area contributed by atoms with Gasteiger partial charge in [0.2, 0.25) is 0 Å². The van der Waals surface area contributed by atoms with E-state index in [-0.39, 0.29) is 35.3 Å². The van der Waals surface area contributed by atoms with Crippen LogP contribution in [0, 0.1) is 0 Å². The number of aromatic nitrogens is 1. The Hall–Kier alpha value is -1.63. The summed E-state index contributed by atoms with van der Waals surface area (Å²) in [6.45, 7) is 0.433. The van der Waals surface area contributed by atoms with Crippen LogP contribution in [0.4, 0.5) is 0 Å². The Morgan fingerprint density at radius 2 is 1.81 bits per heavy atom. The summed E-state index contributed by atoms with van der Waals surface area (Å²) in [5.41, 5.74) is 4.68. The zero-order valence-electron chi connectivity index (χ0n) is 17.0. The maximum atomic E-state index is 11.2. The van der Waals surface area contributed by atoms with Gasteiger partial charge in [-0.1, -0.05) is 45.7 Å². The molecule has 1 aliphatic rings. The van der Waals surface area contributed by atoms with Gasteiger partial charge < -0.3 is 14.6 Å². The third kappa shape index (κ3) is 5.79. The van der Waals surface area contributed by atoms with Crippen LogP contribution in [-0.4, -0.2) is 11.0 Å². The monoisotopic (exact) mass is 505 g/mol. The van der Waals surface area contributed by atoms with Crippen LogP contribution in [0.3, 0.4) is 0 Å². The number of hydrogen-bond donors (Lipinski definition) is 0. The van der Waals surface area contributed by atoms with Crippen LogP contribution in [0.2, 0.25) is 5.02 Å². The average molecular weight is 507 g/mol. The molecular weight excluding hydrogens is 489 g/mol.